The Balaban J connectivity index is 2.82. The maximum Gasteiger partial charge on any atom is 0.0846 e. The Morgan fingerprint density at radius 1 is 1.46 bits per heavy atom. The molecule has 0 aliphatic rings. The molecule has 1 aromatic rings. The Bertz CT molecular complexity index is 314. The van der Waals surface area contributed by atoms with Gasteiger partial charge in [-0.1, -0.05) is 18.1 Å². The number of hydrogen-bond donors (Lipinski definition) is 1. The van der Waals surface area contributed by atoms with E-state index in [1.54, 1.807) is 11.8 Å². The summed E-state index contributed by atoms with van der Waals surface area (Å²) in [4.78, 5) is 1.23. The molecule has 1 rings (SSSR count). The summed E-state index contributed by atoms with van der Waals surface area (Å²) in [6, 6.07) is 8.23. The highest BCUT2D eigenvalue weighted by Gasteiger charge is 2.01. The van der Waals surface area contributed by atoms with Gasteiger partial charge in [-0.25, -0.2) is 0 Å². The number of anilines is 1. The Kier molecular flexibility index (Phi) is 3.72. The third kappa shape index (κ3) is 2.71. The van der Waals surface area contributed by atoms with E-state index in [1.165, 1.54) is 4.90 Å². The fourth-order valence-electron chi connectivity index (χ4n) is 1.04. The summed E-state index contributed by atoms with van der Waals surface area (Å²) in [7, 11) is 0. The first-order chi connectivity index (χ1) is 6.27. The molecule has 0 aliphatic heterocycles. The zero-order valence-electron chi connectivity index (χ0n) is 7.87. The standard InChI is InChI=1S/C11H13NS/c1-4-9(2)12-10-7-5-6-8-11(10)13-3/h1,5-9,12H,2-3H3. The minimum atomic E-state index is 0.0771. The van der Waals surface area contributed by atoms with E-state index in [0.717, 1.165) is 5.69 Å². The number of benzene rings is 1. The Morgan fingerprint density at radius 3 is 2.77 bits per heavy atom. The second-order valence-corrected chi connectivity index (χ2v) is 3.58. The van der Waals surface area contributed by atoms with E-state index in [1.807, 2.05) is 25.1 Å². The molecule has 0 saturated heterocycles. The summed E-state index contributed by atoms with van der Waals surface area (Å²) in [6.45, 7) is 1.97. The number of rotatable bonds is 3. The quantitative estimate of drug-likeness (QED) is 0.582. The number of para-hydroxylation sites is 1. The van der Waals surface area contributed by atoms with Crippen molar-refractivity contribution in [3.8, 4) is 12.3 Å². The summed E-state index contributed by atoms with van der Waals surface area (Å²) in [5, 5.41) is 3.25. The van der Waals surface area contributed by atoms with Gasteiger partial charge in [-0.2, -0.15) is 0 Å². The first kappa shape index (κ1) is 10.0. The second-order valence-electron chi connectivity index (χ2n) is 2.73. The SMILES string of the molecule is C#CC(C)Nc1ccccc1SC. The summed E-state index contributed by atoms with van der Waals surface area (Å²) >= 11 is 1.72. The first-order valence-corrected chi connectivity index (χ1v) is 5.36. The fourth-order valence-corrected chi connectivity index (χ4v) is 1.60. The maximum atomic E-state index is 5.29. The molecule has 0 spiro atoms. The summed E-state index contributed by atoms with van der Waals surface area (Å²) in [5.74, 6) is 2.64. The van der Waals surface area contributed by atoms with E-state index in [9.17, 15) is 0 Å². The van der Waals surface area contributed by atoms with Crippen LogP contribution in [0.3, 0.4) is 0 Å². The number of nitrogens with one attached hydrogen (secondary N) is 1. The van der Waals surface area contributed by atoms with Crippen molar-refractivity contribution in [3.63, 3.8) is 0 Å². The van der Waals surface area contributed by atoms with Crippen LogP contribution in [0.5, 0.6) is 0 Å². The molecular formula is C11H13NS. The molecule has 68 valence electrons. The van der Waals surface area contributed by atoms with Crippen molar-refractivity contribution in [2.75, 3.05) is 11.6 Å². The molecular weight excluding hydrogens is 178 g/mol. The van der Waals surface area contributed by atoms with Crippen LogP contribution in [0.4, 0.5) is 5.69 Å². The van der Waals surface area contributed by atoms with Crippen LogP contribution in [0.2, 0.25) is 0 Å². The lowest BCUT2D eigenvalue weighted by Gasteiger charge is -2.12. The smallest absolute Gasteiger partial charge is 0.0846 e. The molecule has 0 amide bonds. The normalized spacial score (nSPS) is 11.8. The van der Waals surface area contributed by atoms with Crippen LogP contribution < -0.4 is 5.32 Å². The van der Waals surface area contributed by atoms with Gasteiger partial charge >= 0.3 is 0 Å². The predicted molar refractivity (Wildman–Crippen MR) is 60.1 cm³/mol. The van der Waals surface area contributed by atoms with Crippen LogP contribution in [0.1, 0.15) is 6.92 Å². The van der Waals surface area contributed by atoms with Gasteiger partial charge in [-0.05, 0) is 25.3 Å². The summed E-state index contributed by atoms with van der Waals surface area (Å²) < 4.78 is 0. The average Bonchev–Trinajstić information content (AvgIpc) is 2.18. The maximum absolute atomic E-state index is 5.29. The van der Waals surface area contributed by atoms with Crippen LogP contribution in [0.25, 0.3) is 0 Å². The van der Waals surface area contributed by atoms with E-state index in [4.69, 9.17) is 6.42 Å². The molecule has 0 aliphatic carbocycles. The van der Waals surface area contributed by atoms with Crippen LogP contribution in [-0.2, 0) is 0 Å². The van der Waals surface area contributed by atoms with Crippen molar-refractivity contribution in [1.29, 1.82) is 0 Å². The first-order valence-electron chi connectivity index (χ1n) is 4.13. The highest BCUT2D eigenvalue weighted by atomic mass is 32.2. The third-order valence-corrected chi connectivity index (χ3v) is 2.52. The van der Waals surface area contributed by atoms with Crippen molar-refractivity contribution < 1.29 is 0 Å². The molecule has 0 fully saturated rings. The highest BCUT2D eigenvalue weighted by Crippen LogP contribution is 2.24. The number of hydrogen-bond acceptors (Lipinski definition) is 2. The topological polar surface area (TPSA) is 12.0 Å². The molecule has 13 heavy (non-hydrogen) atoms. The molecule has 1 nitrogen and oxygen atoms in total. The van der Waals surface area contributed by atoms with Crippen molar-refractivity contribution in [2.45, 2.75) is 17.9 Å². The summed E-state index contributed by atoms with van der Waals surface area (Å²) in [6.07, 6.45) is 7.35. The second kappa shape index (κ2) is 4.84. The average molecular weight is 191 g/mol. The van der Waals surface area contributed by atoms with E-state index in [2.05, 4.69) is 23.6 Å². The molecule has 1 aromatic carbocycles. The number of thioether (sulfide) groups is 1. The molecule has 0 saturated carbocycles. The molecule has 2 heteroatoms. The lowest BCUT2D eigenvalue weighted by molar-refractivity contribution is 1.03. The highest BCUT2D eigenvalue weighted by molar-refractivity contribution is 7.98. The molecule has 0 radical (unpaired) electrons. The van der Waals surface area contributed by atoms with Gasteiger partial charge in [-0.15, -0.1) is 18.2 Å². The molecule has 1 unspecified atom stereocenters. The van der Waals surface area contributed by atoms with Gasteiger partial charge in [0.1, 0.15) is 0 Å². The Labute approximate surface area is 83.9 Å². The Morgan fingerprint density at radius 2 is 2.15 bits per heavy atom. The molecule has 1 atom stereocenters. The van der Waals surface area contributed by atoms with Crippen molar-refractivity contribution >= 4 is 17.4 Å². The molecule has 1 N–H and O–H groups in total. The lowest BCUT2D eigenvalue weighted by Crippen LogP contribution is -2.12. The van der Waals surface area contributed by atoms with E-state index < -0.39 is 0 Å². The van der Waals surface area contributed by atoms with Crippen molar-refractivity contribution in [2.24, 2.45) is 0 Å². The molecule has 0 heterocycles. The van der Waals surface area contributed by atoms with Gasteiger partial charge in [0.2, 0.25) is 0 Å². The lowest BCUT2D eigenvalue weighted by atomic mass is 10.3. The van der Waals surface area contributed by atoms with Crippen molar-refractivity contribution in [1.82, 2.24) is 0 Å². The molecule has 0 bridgehead atoms. The zero-order valence-corrected chi connectivity index (χ0v) is 8.69. The van der Waals surface area contributed by atoms with Gasteiger partial charge in [0.25, 0.3) is 0 Å². The summed E-state index contributed by atoms with van der Waals surface area (Å²) in [5.41, 5.74) is 1.11. The van der Waals surface area contributed by atoms with Crippen LogP contribution in [0, 0.1) is 12.3 Å². The van der Waals surface area contributed by atoms with Crippen LogP contribution in [0.15, 0.2) is 29.2 Å². The van der Waals surface area contributed by atoms with E-state index in [-0.39, 0.29) is 6.04 Å². The van der Waals surface area contributed by atoms with Gasteiger partial charge in [0.15, 0.2) is 0 Å². The third-order valence-electron chi connectivity index (χ3n) is 1.73. The van der Waals surface area contributed by atoms with E-state index in [0.29, 0.717) is 0 Å². The largest absolute Gasteiger partial charge is 0.371 e. The van der Waals surface area contributed by atoms with Gasteiger partial charge in [-0.3, -0.25) is 0 Å². The van der Waals surface area contributed by atoms with Gasteiger partial charge in [0.05, 0.1) is 6.04 Å². The zero-order chi connectivity index (χ0) is 9.68. The minimum absolute atomic E-state index is 0.0771. The van der Waals surface area contributed by atoms with Crippen LogP contribution in [-0.4, -0.2) is 12.3 Å². The van der Waals surface area contributed by atoms with Crippen LogP contribution >= 0.6 is 11.8 Å². The van der Waals surface area contributed by atoms with Crippen molar-refractivity contribution in [3.05, 3.63) is 24.3 Å². The molecule has 0 aromatic heterocycles. The minimum Gasteiger partial charge on any atom is -0.371 e. The fraction of sp³-hybridized carbons (Fsp3) is 0.273. The van der Waals surface area contributed by atoms with Gasteiger partial charge < -0.3 is 5.32 Å². The number of terminal acetylenes is 1. The monoisotopic (exact) mass is 191 g/mol. The van der Waals surface area contributed by atoms with Gasteiger partial charge in [0, 0.05) is 10.6 Å². The predicted octanol–water partition coefficient (Wildman–Crippen LogP) is 2.84. The van der Waals surface area contributed by atoms with E-state index >= 15 is 0 Å². The Hall–Kier alpha value is -1.07.